The van der Waals surface area contributed by atoms with Gasteiger partial charge in [0.25, 0.3) is 5.89 Å². The van der Waals surface area contributed by atoms with E-state index >= 15 is 0 Å². The number of hydrogen-bond donors (Lipinski definition) is 2. The van der Waals surface area contributed by atoms with E-state index in [2.05, 4.69) is 20.8 Å². The second-order valence-electron chi connectivity index (χ2n) is 6.28. The first-order valence-electron chi connectivity index (χ1n) is 9.03. The normalized spacial score (nSPS) is 10.5. The van der Waals surface area contributed by atoms with E-state index in [1.165, 1.54) is 18.2 Å². The standard InChI is InChI=1S/C22H17FN4O3/c1-29-17-9-5-8-15(12-17)24-22(28)25-16-10-11-19(23)18(13-16)21-27-26-20(30-21)14-6-3-2-4-7-14/h2-13H,1H3,(H2,24,25,28). The first kappa shape index (κ1) is 19.1. The van der Waals surface area contributed by atoms with Crippen LogP contribution in [0.4, 0.5) is 20.6 Å². The number of methoxy groups -OCH3 is 1. The largest absolute Gasteiger partial charge is 0.497 e. The lowest BCUT2D eigenvalue weighted by molar-refractivity contribution is 0.262. The van der Waals surface area contributed by atoms with Crippen molar-refractivity contribution in [3.63, 3.8) is 0 Å². The summed E-state index contributed by atoms with van der Waals surface area (Å²) in [5.74, 6) is 0.363. The van der Waals surface area contributed by atoms with Gasteiger partial charge >= 0.3 is 6.03 Å². The van der Waals surface area contributed by atoms with Crippen LogP contribution in [0.25, 0.3) is 22.9 Å². The van der Waals surface area contributed by atoms with Crippen LogP contribution in [-0.2, 0) is 0 Å². The summed E-state index contributed by atoms with van der Waals surface area (Å²) in [5, 5.41) is 13.2. The molecule has 0 aliphatic heterocycles. The first-order chi connectivity index (χ1) is 14.6. The smallest absolute Gasteiger partial charge is 0.323 e. The molecule has 0 aliphatic carbocycles. The van der Waals surface area contributed by atoms with Crippen molar-refractivity contribution in [3.8, 4) is 28.7 Å². The number of rotatable bonds is 5. The van der Waals surface area contributed by atoms with Crippen LogP contribution in [0, 0.1) is 5.82 Å². The molecule has 150 valence electrons. The molecule has 0 spiro atoms. The van der Waals surface area contributed by atoms with Crippen molar-refractivity contribution in [3.05, 3.63) is 78.6 Å². The van der Waals surface area contributed by atoms with Gasteiger partial charge in [0, 0.05) is 23.0 Å². The van der Waals surface area contributed by atoms with Crippen LogP contribution < -0.4 is 15.4 Å². The van der Waals surface area contributed by atoms with Crippen molar-refractivity contribution in [2.75, 3.05) is 17.7 Å². The van der Waals surface area contributed by atoms with Crippen molar-refractivity contribution >= 4 is 17.4 Å². The number of ether oxygens (including phenoxy) is 1. The fourth-order valence-corrected chi connectivity index (χ4v) is 2.79. The summed E-state index contributed by atoms with van der Waals surface area (Å²) in [6.07, 6.45) is 0. The fourth-order valence-electron chi connectivity index (χ4n) is 2.79. The molecule has 2 N–H and O–H groups in total. The Morgan fingerprint density at radius 3 is 2.40 bits per heavy atom. The molecule has 0 saturated heterocycles. The molecule has 30 heavy (non-hydrogen) atoms. The van der Waals surface area contributed by atoms with E-state index in [0.717, 1.165) is 5.56 Å². The van der Waals surface area contributed by atoms with E-state index in [-0.39, 0.29) is 17.3 Å². The number of nitrogens with one attached hydrogen (secondary N) is 2. The van der Waals surface area contributed by atoms with E-state index < -0.39 is 11.8 Å². The fraction of sp³-hybridized carbons (Fsp3) is 0.0455. The zero-order chi connectivity index (χ0) is 20.9. The number of amides is 2. The number of carbonyl (C=O) groups excluding carboxylic acids is 1. The number of benzene rings is 3. The topological polar surface area (TPSA) is 89.3 Å². The van der Waals surface area contributed by atoms with E-state index in [1.54, 1.807) is 31.4 Å². The highest BCUT2D eigenvalue weighted by Gasteiger charge is 2.15. The van der Waals surface area contributed by atoms with Gasteiger partial charge in [-0.2, -0.15) is 0 Å². The third-order valence-electron chi connectivity index (χ3n) is 4.23. The summed E-state index contributed by atoms with van der Waals surface area (Å²) in [7, 11) is 1.54. The molecule has 0 radical (unpaired) electrons. The highest BCUT2D eigenvalue weighted by Crippen LogP contribution is 2.28. The van der Waals surface area contributed by atoms with Gasteiger partial charge in [-0.25, -0.2) is 9.18 Å². The average molecular weight is 404 g/mol. The van der Waals surface area contributed by atoms with Crippen LogP contribution >= 0.6 is 0 Å². The SMILES string of the molecule is COc1cccc(NC(=O)Nc2ccc(F)c(-c3nnc(-c4ccccc4)o3)c2)c1. The lowest BCUT2D eigenvalue weighted by atomic mass is 10.2. The van der Waals surface area contributed by atoms with Gasteiger partial charge in [-0.05, 0) is 42.5 Å². The van der Waals surface area contributed by atoms with Crippen molar-refractivity contribution < 1.29 is 18.3 Å². The zero-order valence-corrected chi connectivity index (χ0v) is 15.9. The van der Waals surface area contributed by atoms with E-state index in [9.17, 15) is 9.18 Å². The Kier molecular flexibility index (Phi) is 5.38. The van der Waals surface area contributed by atoms with Crippen molar-refractivity contribution in [1.82, 2.24) is 10.2 Å². The quantitative estimate of drug-likeness (QED) is 0.477. The first-order valence-corrected chi connectivity index (χ1v) is 9.03. The Bertz CT molecular complexity index is 1180. The molecule has 1 aromatic heterocycles. The highest BCUT2D eigenvalue weighted by atomic mass is 19.1. The number of urea groups is 1. The minimum absolute atomic E-state index is 0.0169. The molecule has 8 heteroatoms. The third kappa shape index (κ3) is 4.27. The van der Waals surface area contributed by atoms with Crippen LogP contribution in [0.1, 0.15) is 0 Å². The molecule has 1 heterocycles. The Labute approximate surface area is 171 Å². The predicted molar refractivity (Wildman–Crippen MR) is 111 cm³/mol. The maximum atomic E-state index is 14.4. The summed E-state index contributed by atoms with van der Waals surface area (Å²) < 4.78 is 25.1. The van der Waals surface area contributed by atoms with Crippen molar-refractivity contribution in [1.29, 1.82) is 0 Å². The second-order valence-corrected chi connectivity index (χ2v) is 6.28. The molecule has 0 atom stereocenters. The summed E-state index contributed by atoms with van der Waals surface area (Å²) in [5.41, 5.74) is 1.73. The van der Waals surface area contributed by atoms with Gasteiger partial charge in [0.2, 0.25) is 5.89 Å². The Balaban J connectivity index is 1.52. The second kappa shape index (κ2) is 8.44. The molecule has 0 aliphatic rings. The molecular formula is C22H17FN4O3. The Morgan fingerprint density at radius 1 is 0.900 bits per heavy atom. The number of carbonyl (C=O) groups is 1. The number of nitrogens with zero attached hydrogens (tertiary/aromatic N) is 2. The van der Waals surface area contributed by atoms with Crippen LogP contribution in [-0.4, -0.2) is 23.3 Å². The van der Waals surface area contributed by atoms with Crippen molar-refractivity contribution in [2.45, 2.75) is 0 Å². The molecule has 7 nitrogen and oxygen atoms in total. The number of anilines is 2. The van der Waals surface area contributed by atoms with E-state index in [1.807, 2.05) is 30.3 Å². The van der Waals surface area contributed by atoms with Gasteiger partial charge in [0.05, 0.1) is 12.7 Å². The molecule has 3 aromatic carbocycles. The maximum absolute atomic E-state index is 14.4. The third-order valence-corrected chi connectivity index (χ3v) is 4.23. The molecule has 2 amide bonds. The molecule has 4 aromatic rings. The number of halogens is 1. The van der Waals surface area contributed by atoms with Gasteiger partial charge < -0.3 is 19.8 Å². The van der Waals surface area contributed by atoms with Gasteiger partial charge in [0.15, 0.2) is 0 Å². The average Bonchev–Trinajstić information content (AvgIpc) is 3.26. The van der Waals surface area contributed by atoms with Gasteiger partial charge in [-0.1, -0.05) is 24.3 Å². The minimum Gasteiger partial charge on any atom is -0.497 e. The minimum atomic E-state index is -0.544. The summed E-state index contributed by atoms with van der Waals surface area (Å²) in [6.45, 7) is 0. The molecule has 0 fully saturated rings. The predicted octanol–water partition coefficient (Wildman–Crippen LogP) is 5.20. The van der Waals surface area contributed by atoms with E-state index in [4.69, 9.17) is 9.15 Å². The van der Waals surface area contributed by atoms with Crippen molar-refractivity contribution in [2.24, 2.45) is 0 Å². The van der Waals surface area contributed by atoms with Gasteiger partial charge in [0.1, 0.15) is 11.6 Å². The van der Waals surface area contributed by atoms with Gasteiger partial charge in [-0.3, -0.25) is 0 Å². The van der Waals surface area contributed by atoms with Crippen LogP contribution in [0.2, 0.25) is 0 Å². The molecular weight excluding hydrogens is 387 g/mol. The highest BCUT2D eigenvalue weighted by molar-refractivity contribution is 6.00. The number of aromatic nitrogens is 2. The van der Waals surface area contributed by atoms with Crippen LogP contribution in [0.3, 0.4) is 0 Å². The Hall–Kier alpha value is -4.20. The molecule has 0 saturated carbocycles. The number of hydrogen-bond acceptors (Lipinski definition) is 5. The molecule has 0 bridgehead atoms. The molecule has 4 rings (SSSR count). The lowest BCUT2D eigenvalue weighted by Gasteiger charge is -2.09. The van der Waals surface area contributed by atoms with E-state index in [0.29, 0.717) is 17.1 Å². The Morgan fingerprint density at radius 2 is 1.63 bits per heavy atom. The van der Waals surface area contributed by atoms with Gasteiger partial charge in [-0.15, -0.1) is 10.2 Å². The lowest BCUT2D eigenvalue weighted by Crippen LogP contribution is -2.19. The maximum Gasteiger partial charge on any atom is 0.323 e. The summed E-state index contributed by atoms with van der Waals surface area (Å²) in [4.78, 5) is 12.3. The zero-order valence-electron chi connectivity index (χ0n) is 15.9. The van der Waals surface area contributed by atoms with Crippen LogP contribution in [0.15, 0.2) is 77.2 Å². The van der Waals surface area contributed by atoms with Crippen LogP contribution in [0.5, 0.6) is 5.75 Å². The summed E-state index contributed by atoms with van der Waals surface area (Å²) in [6, 6.07) is 19.7. The summed E-state index contributed by atoms with van der Waals surface area (Å²) >= 11 is 0. The molecule has 0 unspecified atom stereocenters. The monoisotopic (exact) mass is 404 g/mol.